The molecule has 0 bridgehead atoms. The molecule has 0 saturated carbocycles. The molecule has 7 rings (SSSR count). The number of hydrogen-bond donors (Lipinski definition) is 5. The van der Waals surface area contributed by atoms with E-state index in [1.165, 1.54) is 28.1 Å². The predicted octanol–water partition coefficient (Wildman–Crippen LogP) is 11.5. The molecule has 0 aliphatic rings. The third-order valence-corrected chi connectivity index (χ3v) is 9.69. The van der Waals surface area contributed by atoms with Crippen LogP contribution >= 0.6 is 11.9 Å². The van der Waals surface area contributed by atoms with Crippen molar-refractivity contribution < 1.29 is 9.59 Å². The fourth-order valence-corrected chi connectivity index (χ4v) is 6.80. The van der Waals surface area contributed by atoms with E-state index in [0.29, 0.717) is 11.1 Å². The van der Waals surface area contributed by atoms with Crippen LogP contribution in [0.2, 0.25) is 0 Å². The van der Waals surface area contributed by atoms with Gasteiger partial charge in [-0.05, 0) is 95.8 Å². The van der Waals surface area contributed by atoms with Crippen LogP contribution in [0.3, 0.4) is 0 Å². The van der Waals surface area contributed by atoms with E-state index in [4.69, 9.17) is 0 Å². The van der Waals surface area contributed by atoms with Crippen LogP contribution < -0.4 is 20.7 Å². The van der Waals surface area contributed by atoms with Crippen LogP contribution in [0.25, 0.3) is 21.5 Å². The molecule has 0 radical (unpaired) electrons. The molecule has 9 heteroatoms. The number of aromatic nitrogens is 2. The molecule has 0 aliphatic carbocycles. The van der Waals surface area contributed by atoms with Crippen LogP contribution in [-0.2, 0) is 0 Å². The molecule has 2 amide bonds. The lowest BCUT2D eigenvalue weighted by atomic mass is 9.99. The summed E-state index contributed by atoms with van der Waals surface area (Å²) in [4.78, 5) is 25.8. The fourth-order valence-electron chi connectivity index (χ4n) is 6.44. The van der Waals surface area contributed by atoms with E-state index < -0.39 is 0 Å². The minimum atomic E-state index is -0.108. The van der Waals surface area contributed by atoms with Gasteiger partial charge >= 0.3 is 0 Å². The van der Waals surface area contributed by atoms with Gasteiger partial charge in [0.25, 0.3) is 11.8 Å². The number of carbonyl (C=O) groups is 2. The first-order valence-electron chi connectivity index (χ1n) is 18.5. The number of nitrogens with zero attached hydrogens (tertiary/aromatic N) is 1. The van der Waals surface area contributed by atoms with Crippen LogP contribution in [0.4, 0.5) is 17.1 Å². The summed E-state index contributed by atoms with van der Waals surface area (Å²) in [5, 5.41) is 20.9. The molecule has 6 aromatic carbocycles. The second-order valence-electron chi connectivity index (χ2n) is 13.0. The van der Waals surface area contributed by atoms with Gasteiger partial charge in [-0.15, -0.1) is 0 Å². The first kappa shape index (κ1) is 40.1. The van der Waals surface area contributed by atoms with Crippen molar-refractivity contribution in [3.63, 3.8) is 0 Å². The highest BCUT2D eigenvalue weighted by Gasteiger charge is 2.17. The summed E-state index contributed by atoms with van der Waals surface area (Å²) in [6.45, 7) is 11.9. The van der Waals surface area contributed by atoms with Gasteiger partial charge in [0.1, 0.15) is 0 Å². The molecule has 0 spiro atoms. The molecule has 1 aromatic heterocycles. The Labute approximate surface area is 328 Å². The van der Waals surface area contributed by atoms with Crippen LogP contribution in [0.15, 0.2) is 134 Å². The summed E-state index contributed by atoms with van der Waals surface area (Å²) in [6.07, 6.45) is 5.42. The van der Waals surface area contributed by atoms with Gasteiger partial charge in [0.15, 0.2) is 0 Å². The summed E-state index contributed by atoms with van der Waals surface area (Å²) < 4.78 is 3.18. The zero-order valence-electron chi connectivity index (χ0n) is 32.5. The lowest BCUT2D eigenvalue weighted by Gasteiger charge is -2.18. The van der Waals surface area contributed by atoms with Gasteiger partial charge in [0.2, 0.25) is 0 Å². The molecule has 5 N–H and O–H groups in total. The maximum absolute atomic E-state index is 13.0. The smallest absolute Gasteiger partial charge is 0.252 e. The van der Waals surface area contributed by atoms with Gasteiger partial charge in [-0.1, -0.05) is 123 Å². The van der Waals surface area contributed by atoms with Gasteiger partial charge in [-0.3, -0.25) is 14.7 Å². The molecule has 2 atom stereocenters. The van der Waals surface area contributed by atoms with Crippen molar-refractivity contribution in [1.29, 1.82) is 0 Å². The van der Waals surface area contributed by atoms with E-state index >= 15 is 0 Å². The zero-order chi connectivity index (χ0) is 39.3. The van der Waals surface area contributed by atoms with Gasteiger partial charge in [-0.25, -0.2) is 0 Å². The molecule has 1 heterocycles. The number of hydrogen-bond acceptors (Lipinski definition) is 6. The van der Waals surface area contributed by atoms with Crippen molar-refractivity contribution in [3.05, 3.63) is 167 Å². The quantitative estimate of drug-likeness (QED) is 0.0890. The Morgan fingerprint density at radius 2 is 1.09 bits per heavy atom. The highest BCUT2D eigenvalue weighted by atomic mass is 32.2. The normalized spacial score (nSPS) is 11.6. The Kier molecular flexibility index (Phi) is 14.1. The number of H-pyrrole nitrogens is 1. The summed E-state index contributed by atoms with van der Waals surface area (Å²) in [5.41, 5.74) is 8.11. The van der Waals surface area contributed by atoms with Gasteiger partial charge in [0, 0.05) is 35.0 Å². The van der Waals surface area contributed by atoms with Crippen molar-refractivity contribution in [1.82, 2.24) is 20.8 Å². The number of benzene rings is 6. The molecule has 7 aromatic rings. The number of fused-ring (bicyclic) bond motifs is 2. The second-order valence-corrected chi connectivity index (χ2v) is 13.6. The zero-order valence-corrected chi connectivity index (χ0v) is 33.3. The Bertz CT molecular complexity index is 2350. The van der Waals surface area contributed by atoms with Crippen molar-refractivity contribution >= 4 is 62.4 Å². The van der Waals surface area contributed by atoms with Crippen LogP contribution in [0.5, 0.6) is 0 Å². The van der Waals surface area contributed by atoms with Crippen molar-refractivity contribution in [2.45, 2.75) is 53.6 Å². The number of nitrogens with one attached hydrogen (secondary N) is 5. The number of aryl methyl sites for hydroxylation is 2. The molecular weight excluding hydrogens is 701 g/mol. The Morgan fingerprint density at radius 3 is 1.58 bits per heavy atom. The van der Waals surface area contributed by atoms with Gasteiger partial charge < -0.3 is 20.7 Å². The number of anilines is 3. The van der Waals surface area contributed by atoms with Gasteiger partial charge in [-0.2, -0.15) is 5.10 Å². The average molecular weight is 751 g/mol. The maximum Gasteiger partial charge on any atom is 0.252 e. The highest BCUT2D eigenvalue weighted by molar-refractivity contribution is 7.99. The first-order chi connectivity index (χ1) is 26.7. The predicted molar refractivity (Wildman–Crippen MR) is 232 cm³/mol. The van der Waals surface area contributed by atoms with E-state index in [1.54, 1.807) is 12.4 Å². The molecule has 0 saturated heterocycles. The van der Waals surface area contributed by atoms with E-state index in [-0.39, 0.29) is 23.9 Å². The second kappa shape index (κ2) is 19.3. The monoisotopic (exact) mass is 750 g/mol. The van der Waals surface area contributed by atoms with Crippen molar-refractivity contribution in [2.75, 3.05) is 16.3 Å². The standard InChI is InChI=1S/C23H22N4O.C21H22N2OS.C2H6/c1-15-10-11-18(27-19-13-24-25-14-19)12-22(15)23(28)26-16(2)20-9-5-7-17-6-3-4-8-21(17)20;1-14-11-12-17(23-25-3)13-20(14)21(24)22-15(2)18-10-6-8-16-7-4-5-9-19(16)18;1-2/h3-14,16,27H,1-2H3,(H,24,25)(H,26,28);4-13,15,23H,1-3H3,(H,22,24);1-2H3. The fraction of sp³-hybridized carbons (Fsp3) is 0.196. The Morgan fingerprint density at radius 1 is 0.618 bits per heavy atom. The lowest BCUT2D eigenvalue weighted by Crippen LogP contribution is -2.27. The largest absolute Gasteiger partial charge is 0.353 e. The summed E-state index contributed by atoms with van der Waals surface area (Å²) >= 11 is 1.51. The minimum Gasteiger partial charge on any atom is -0.353 e. The van der Waals surface area contributed by atoms with E-state index in [1.807, 2.05) is 121 Å². The molecule has 2 unspecified atom stereocenters. The topological polar surface area (TPSA) is 111 Å². The third-order valence-electron chi connectivity index (χ3n) is 9.25. The number of aromatic amines is 1. The third kappa shape index (κ3) is 10.1. The average Bonchev–Trinajstić information content (AvgIpc) is 3.73. The lowest BCUT2D eigenvalue weighted by molar-refractivity contribution is 0.0931. The SMILES string of the molecule is CC.CSNc1ccc(C)c(C(=O)NC(C)c2cccc3ccccc23)c1.Cc1ccc(Nc2cn[nH]c2)cc1C(=O)NC(C)c1cccc2ccccc12. The highest BCUT2D eigenvalue weighted by Crippen LogP contribution is 2.27. The van der Waals surface area contributed by atoms with Crippen molar-refractivity contribution in [2.24, 2.45) is 0 Å². The number of carbonyl (C=O) groups excluding carboxylic acids is 2. The van der Waals surface area contributed by atoms with E-state index in [0.717, 1.165) is 44.7 Å². The van der Waals surface area contributed by atoms with Crippen molar-refractivity contribution in [3.8, 4) is 0 Å². The van der Waals surface area contributed by atoms with E-state index in [9.17, 15) is 9.59 Å². The Balaban J connectivity index is 0.000000203. The number of rotatable bonds is 10. The molecule has 0 fully saturated rings. The van der Waals surface area contributed by atoms with Gasteiger partial charge in [0.05, 0.1) is 24.0 Å². The molecular formula is C46H50N6O2S. The van der Waals surface area contributed by atoms with Crippen LogP contribution in [0.1, 0.15) is 82.7 Å². The summed E-state index contributed by atoms with van der Waals surface area (Å²) in [7, 11) is 0. The van der Waals surface area contributed by atoms with Crippen LogP contribution in [-0.4, -0.2) is 28.3 Å². The van der Waals surface area contributed by atoms with E-state index in [2.05, 4.69) is 79.4 Å². The Hall–Kier alpha value is -6.06. The molecule has 0 aliphatic heterocycles. The van der Waals surface area contributed by atoms with Crippen LogP contribution in [0, 0.1) is 13.8 Å². The first-order valence-corrected chi connectivity index (χ1v) is 19.8. The minimum absolute atomic E-state index is 0.0531. The molecule has 55 heavy (non-hydrogen) atoms. The molecule has 8 nitrogen and oxygen atoms in total. The molecule has 282 valence electrons. The maximum atomic E-state index is 13.0. The summed E-state index contributed by atoms with van der Waals surface area (Å²) in [6, 6.07) is 40.3. The number of amides is 2. The summed E-state index contributed by atoms with van der Waals surface area (Å²) in [5.74, 6) is -0.142.